The summed E-state index contributed by atoms with van der Waals surface area (Å²) in [5.41, 5.74) is 2.31. The zero-order valence-electron chi connectivity index (χ0n) is 13.9. The number of amides is 1. The van der Waals surface area contributed by atoms with Crippen molar-refractivity contribution in [3.63, 3.8) is 0 Å². The lowest BCUT2D eigenvalue weighted by molar-refractivity contribution is -0.120. The molecule has 0 aliphatic carbocycles. The molecule has 2 aromatic carbocycles. The van der Waals surface area contributed by atoms with Crippen molar-refractivity contribution in [1.29, 1.82) is 0 Å². The second-order valence-corrected chi connectivity index (χ2v) is 7.08. The molecule has 4 heteroatoms. The van der Waals surface area contributed by atoms with Crippen molar-refractivity contribution in [2.24, 2.45) is 0 Å². The molecule has 0 unspecified atom stereocenters. The summed E-state index contributed by atoms with van der Waals surface area (Å²) < 4.78 is 5.83. The van der Waals surface area contributed by atoms with Gasteiger partial charge in [-0.15, -0.1) is 11.8 Å². The van der Waals surface area contributed by atoms with Gasteiger partial charge in [-0.3, -0.25) is 4.79 Å². The summed E-state index contributed by atoms with van der Waals surface area (Å²) in [6, 6.07) is 18.2. The summed E-state index contributed by atoms with van der Waals surface area (Å²) in [5, 5.41) is 3.18. The summed E-state index contributed by atoms with van der Waals surface area (Å²) in [7, 11) is 0. The average Bonchev–Trinajstić information content (AvgIpc) is 3.14. The number of rotatable bonds is 6. The van der Waals surface area contributed by atoms with Gasteiger partial charge < -0.3 is 10.1 Å². The molecule has 126 valence electrons. The fourth-order valence-electron chi connectivity index (χ4n) is 2.99. The smallest absolute Gasteiger partial charge is 0.230 e. The van der Waals surface area contributed by atoms with E-state index in [0.717, 1.165) is 29.9 Å². The molecule has 2 atom stereocenters. The second kappa shape index (κ2) is 8.36. The van der Waals surface area contributed by atoms with E-state index in [1.54, 1.807) is 11.8 Å². The van der Waals surface area contributed by atoms with Crippen LogP contribution in [0.1, 0.15) is 30.0 Å². The standard InChI is InChI=1S/C20H23NO2S/c1-15-8-5-6-12-18(15)24-14-19(22)21-20(17-11-7-13-23-17)16-9-3-2-4-10-16/h2-6,8-10,12,17,20H,7,11,13-14H2,1H3,(H,21,22)/t17-,20+/m1/s1. The first-order valence-corrected chi connectivity index (χ1v) is 9.37. The number of nitrogens with one attached hydrogen (secondary N) is 1. The highest BCUT2D eigenvalue weighted by Gasteiger charge is 2.28. The van der Waals surface area contributed by atoms with Crippen molar-refractivity contribution in [3.8, 4) is 0 Å². The van der Waals surface area contributed by atoms with E-state index < -0.39 is 0 Å². The molecular weight excluding hydrogens is 318 g/mol. The van der Waals surface area contributed by atoms with Crippen molar-refractivity contribution in [3.05, 3.63) is 65.7 Å². The van der Waals surface area contributed by atoms with Gasteiger partial charge in [-0.05, 0) is 37.0 Å². The number of benzene rings is 2. The van der Waals surface area contributed by atoms with E-state index >= 15 is 0 Å². The Kier molecular flexibility index (Phi) is 5.94. The predicted octanol–water partition coefficient (Wildman–Crippen LogP) is 4.12. The molecular formula is C20H23NO2S. The Morgan fingerprint density at radius 1 is 1.21 bits per heavy atom. The zero-order chi connectivity index (χ0) is 16.8. The van der Waals surface area contributed by atoms with Gasteiger partial charge >= 0.3 is 0 Å². The fourth-order valence-corrected chi connectivity index (χ4v) is 3.83. The molecule has 2 aromatic rings. The van der Waals surface area contributed by atoms with Crippen LogP contribution in [0.3, 0.4) is 0 Å². The number of hydrogen-bond donors (Lipinski definition) is 1. The monoisotopic (exact) mass is 341 g/mol. The van der Waals surface area contributed by atoms with Crippen LogP contribution in [0.2, 0.25) is 0 Å². The molecule has 1 amide bonds. The van der Waals surface area contributed by atoms with Gasteiger partial charge in [0.05, 0.1) is 17.9 Å². The average molecular weight is 341 g/mol. The minimum Gasteiger partial charge on any atom is -0.376 e. The fraction of sp³-hybridized carbons (Fsp3) is 0.350. The van der Waals surface area contributed by atoms with Crippen molar-refractivity contribution < 1.29 is 9.53 Å². The van der Waals surface area contributed by atoms with Gasteiger partial charge in [0.2, 0.25) is 5.91 Å². The van der Waals surface area contributed by atoms with Crippen LogP contribution in [-0.4, -0.2) is 24.4 Å². The van der Waals surface area contributed by atoms with E-state index in [4.69, 9.17) is 4.74 Å². The van der Waals surface area contributed by atoms with E-state index in [9.17, 15) is 4.79 Å². The number of aryl methyl sites for hydroxylation is 1. The summed E-state index contributed by atoms with van der Waals surface area (Å²) >= 11 is 1.58. The van der Waals surface area contributed by atoms with Gasteiger partial charge in [0, 0.05) is 11.5 Å². The third kappa shape index (κ3) is 4.40. The van der Waals surface area contributed by atoms with Crippen LogP contribution in [0.4, 0.5) is 0 Å². The van der Waals surface area contributed by atoms with E-state index in [-0.39, 0.29) is 18.1 Å². The number of hydrogen-bond acceptors (Lipinski definition) is 3. The second-order valence-electron chi connectivity index (χ2n) is 6.06. The Hall–Kier alpha value is -1.78. The lowest BCUT2D eigenvalue weighted by Crippen LogP contribution is -2.37. The Bertz CT molecular complexity index is 668. The summed E-state index contributed by atoms with van der Waals surface area (Å²) in [6.07, 6.45) is 2.12. The Morgan fingerprint density at radius 2 is 1.96 bits per heavy atom. The minimum atomic E-state index is -0.0707. The normalized spacial score (nSPS) is 18.3. The highest BCUT2D eigenvalue weighted by molar-refractivity contribution is 8.00. The number of carbonyl (C=O) groups excluding carboxylic acids is 1. The molecule has 24 heavy (non-hydrogen) atoms. The summed E-state index contributed by atoms with van der Waals surface area (Å²) in [4.78, 5) is 13.6. The van der Waals surface area contributed by atoms with Crippen LogP contribution in [0.5, 0.6) is 0 Å². The topological polar surface area (TPSA) is 38.3 Å². The van der Waals surface area contributed by atoms with Crippen LogP contribution < -0.4 is 5.32 Å². The Labute approximate surface area is 147 Å². The highest BCUT2D eigenvalue weighted by atomic mass is 32.2. The number of ether oxygens (including phenoxy) is 1. The van der Waals surface area contributed by atoms with Crippen LogP contribution in [0, 0.1) is 6.92 Å². The van der Waals surface area contributed by atoms with Crippen LogP contribution in [0.15, 0.2) is 59.5 Å². The maximum atomic E-state index is 12.5. The number of thioether (sulfide) groups is 1. The minimum absolute atomic E-state index is 0.0487. The quantitative estimate of drug-likeness (QED) is 0.803. The zero-order valence-corrected chi connectivity index (χ0v) is 14.7. The third-order valence-electron chi connectivity index (χ3n) is 4.26. The van der Waals surface area contributed by atoms with E-state index in [0.29, 0.717) is 5.75 Å². The first kappa shape index (κ1) is 17.1. The molecule has 0 saturated carbocycles. The third-order valence-corrected chi connectivity index (χ3v) is 5.44. The van der Waals surface area contributed by atoms with Crippen LogP contribution in [-0.2, 0) is 9.53 Å². The van der Waals surface area contributed by atoms with Crippen LogP contribution >= 0.6 is 11.8 Å². The van der Waals surface area contributed by atoms with Gasteiger partial charge in [0.25, 0.3) is 0 Å². The van der Waals surface area contributed by atoms with E-state index in [1.165, 1.54) is 5.56 Å². The molecule has 0 spiro atoms. The predicted molar refractivity (Wildman–Crippen MR) is 98.2 cm³/mol. The van der Waals surface area contributed by atoms with Gasteiger partial charge in [0.1, 0.15) is 0 Å². The molecule has 0 bridgehead atoms. The van der Waals surface area contributed by atoms with Gasteiger partial charge in [-0.2, -0.15) is 0 Å². The lowest BCUT2D eigenvalue weighted by atomic mass is 9.99. The van der Waals surface area contributed by atoms with E-state index in [2.05, 4.69) is 36.5 Å². The molecule has 1 saturated heterocycles. The Balaban J connectivity index is 1.64. The molecule has 3 rings (SSSR count). The van der Waals surface area contributed by atoms with Gasteiger partial charge in [0.15, 0.2) is 0 Å². The van der Waals surface area contributed by atoms with Gasteiger partial charge in [-0.25, -0.2) is 0 Å². The first-order chi connectivity index (χ1) is 11.7. The molecule has 1 heterocycles. The molecule has 1 N–H and O–H groups in total. The van der Waals surface area contributed by atoms with Crippen molar-refractivity contribution >= 4 is 17.7 Å². The lowest BCUT2D eigenvalue weighted by Gasteiger charge is -2.24. The summed E-state index contributed by atoms with van der Waals surface area (Å²) in [6.45, 7) is 2.85. The molecule has 0 aromatic heterocycles. The molecule has 1 aliphatic rings. The molecule has 1 aliphatic heterocycles. The maximum Gasteiger partial charge on any atom is 0.230 e. The largest absolute Gasteiger partial charge is 0.376 e. The molecule has 3 nitrogen and oxygen atoms in total. The molecule has 0 radical (unpaired) electrons. The van der Waals surface area contributed by atoms with E-state index in [1.807, 2.05) is 30.3 Å². The maximum absolute atomic E-state index is 12.5. The first-order valence-electron chi connectivity index (χ1n) is 8.38. The van der Waals surface area contributed by atoms with Crippen molar-refractivity contribution in [2.45, 2.75) is 36.8 Å². The molecule has 1 fully saturated rings. The van der Waals surface area contributed by atoms with Crippen LogP contribution in [0.25, 0.3) is 0 Å². The van der Waals surface area contributed by atoms with Gasteiger partial charge in [-0.1, -0.05) is 48.5 Å². The number of carbonyl (C=O) groups is 1. The van der Waals surface area contributed by atoms with Crippen molar-refractivity contribution in [2.75, 3.05) is 12.4 Å². The highest BCUT2D eigenvalue weighted by Crippen LogP contribution is 2.27. The van der Waals surface area contributed by atoms with Crippen molar-refractivity contribution in [1.82, 2.24) is 5.32 Å². The Morgan fingerprint density at radius 3 is 2.67 bits per heavy atom. The summed E-state index contributed by atoms with van der Waals surface area (Å²) in [5.74, 6) is 0.466. The SMILES string of the molecule is Cc1ccccc1SCC(=O)N[C@@H](c1ccccc1)[C@H]1CCCO1.